The van der Waals surface area contributed by atoms with Crippen LogP contribution in [-0.2, 0) is 0 Å². The van der Waals surface area contributed by atoms with Crippen LogP contribution in [0.3, 0.4) is 0 Å². The lowest BCUT2D eigenvalue weighted by Crippen LogP contribution is -1.95. The largest absolute Gasteiger partial charge is 0.497 e. The first-order chi connectivity index (χ1) is 8.69. The number of hydrogen-bond acceptors (Lipinski definition) is 5. The molecule has 0 unspecified atom stereocenters. The van der Waals surface area contributed by atoms with E-state index in [-0.39, 0.29) is 5.69 Å². The molecule has 0 saturated heterocycles. The summed E-state index contributed by atoms with van der Waals surface area (Å²) in [6.45, 7) is 0. The zero-order valence-electron chi connectivity index (χ0n) is 9.66. The van der Waals surface area contributed by atoms with Crippen molar-refractivity contribution < 1.29 is 9.66 Å². The fourth-order valence-electron chi connectivity index (χ4n) is 1.45. The molecule has 1 aromatic carbocycles. The number of anilines is 2. The van der Waals surface area contributed by atoms with Gasteiger partial charge in [0.15, 0.2) is 0 Å². The minimum absolute atomic E-state index is 0.00426. The molecule has 2 rings (SSSR count). The van der Waals surface area contributed by atoms with Crippen LogP contribution in [0, 0.1) is 10.1 Å². The Labute approximate surface area is 103 Å². The van der Waals surface area contributed by atoms with Gasteiger partial charge in [-0.2, -0.15) is 0 Å². The molecular formula is C12H11N3O3. The van der Waals surface area contributed by atoms with Gasteiger partial charge in [0.05, 0.1) is 18.1 Å². The summed E-state index contributed by atoms with van der Waals surface area (Å²) in [6.07, 6.45) is 1.39. The van der Waals surface area contributed by atoms with Gasteiger partial charge < -0.3 is 10.1 Å². The molecule has 2 aromatic rings. The van der Waals surface area contributed by atoms with Crippen LogP contribution in [0.25, 0.3) is 0 Å². The van der Waals surface area contributed by atoms with Crippen LogP contribution in [0.2, 0.25) is 0 Å². The number of aromatic nitrogens is 1. The molecule has 1 heterocycles. The summed E-state index contributed by atoms with van der Waals surface area (Å²) in [6, 6.07) is 9.95. The second-order valence-electron chi connectivity index (χ2n) is 3.51. The van der Waals surface area contributed by atoms with Crippen molar-refractivity contribution >= 4 is 17.2 Å². The zero-order chi connectivity index (χ0) is 13.0. The number of nitrogens with one attached hydrogen (secondary N) is 1. The normalized spacial score (nSPS) is 9.83. The first kappa shape index (κ1) is 11.8. The van der Waals surface area contributed by atoms with Crippen molar-refractivity contribution in [2.24, 2.45) is 0 Å². The molecular weight excluding hydrogens is 234 g/mol. The van der Waals surface area contributed by atoms with Gasteiger partial charge in [-0.15, -0.1) is 0 Å². The molecule has 0 aliphatic carbocycles. The maximum Gasteiger partial charge on any atom is 0.274 e. The topological polar surface area (TPSA) is 77.3 Å². The Balaban J connectivity index is 2.22. The Morgan fingerprint density at radius 1 is 1.33 bits per heavy atom. The summed E-state index contributed by atoms with van der Waals surface area (Å²) in [5.41, 5.74) is 0.748. The van der Waals surface area contributed by atoms with E-state index in [9.17, 15) is 10.1 Å². The van der Waals surface area contributed by atoms with Crippen molar-refractivity contribution in [3.63, 3.8) is 0 Å². The first-order valence-electron chi connectivity index (χ1n) is 5.20. The summed E-state index contributed by atoms with van der Waals surface area (Å²) in [5, 5.41) is 13.6. The van der Waals surface area contributed by atoms with Crippen LogP contribution in [0.15, 0.2) is 42.6 Å². The summed E-state index contributed by atoms with van der Waals surface area (Å²) >= 11 is 0. The number of rotatable bonds is 4. The van der Waals surface area contributed by atoms with E-state index < -0.39 is 4.92 Å². The minimum Gasteiger partial charge on any atom is -0.497 e. The van der Waals surface area contributed by atoms with E-state index in [2.05, 4.69) is 10.3 Å². The third-order valence-electron chi connectivity index (χ3n) is 2.30. The molecule has 0 saturated carbocycles. The van der Waals surface area contributed by atoms with E-state index in [4.69, 9.17) is 4.74 Å². The second-order valence-corrected chi connectivity index (χ2v) is 3.51. The summed E-state index contributed by atoms with van der Waals surface area (Å²) < 4.78 is 5.09. The summed E-state index contributed by atoms with van der Waals surface area (Å²) in [5.74, 6) is 1.11. The van der Waals surface area contributed by atoms with Crippen LogP contribution in [0.1, 0.15) is 0 Å². The maximum absolute atomic E-state index is 10.6. The number of benzene rings is 1. The van der Waals surface area contributed by atoms with Gasteiger partial charge in [-0.05, 0) is 12.1 Å². The molecule has 0 radical (unpaired) electrons. The number of methoxy groups -OCH3 is 1. The molecule has 6 nitrogen and oxygen atoms in total. The second kappa shape index (κ2) is 5.13. The van der Waals surface area contributed by atoms with Gasteiger partial charge in [0.2, 0.25) is 0 Å². The smallest absolute Gasteiger partial charge is 0.274 e. The maximum atomic E-state index is 10.6. The number of nitro groups is 1. The van der Waals surface area contributed by atoms with E-state index in [0.29, 0.717) is 11.6 Å². The van der Waals surface area contributed by atoms with Gasteiger partial charge in [0.25, 0.3) is 5.69 Å². The first-order valence-corrected chi connectivity index (χ1v) is 5.20. The van der Waals surface area contributed by atoms with Crippen LogP contribution < -0.4 is 10.1 Å². The fraction of sp³-hybridized carbons (Fsp3) is 0.0833. The molecule has 6 heteroatoms. The van der Waals surface area contributed by atoms with Gasteiger partial charge >= 0.3 is 0 Å². The van der Waals surface area contributed by atoms with Crippen molar-refractivity contribution in [1.29, 1.82) is 0 Å². The molecule has 1 N–H and O–H groups in total. The minimum atomic E-state index is -0.460. The lowest BCUT2D eigenvalue weighted by atomic mass is 10.3. The molecule has 0 spiro atoms. The van der Waals surface area contributed by atoms with Gasteiger partial charge in [-0.1, -0.05) is 6.07 Å². The highest BCUT2D eigenvalue weighted by Crippen LogP contribution is 2.22. The molecule has 1 aromatic heterocycles. The number of nitrogens with zero attached hydrogens (tertiary/aromatic N) is 2. The van der Waals surface area contributed by atoms with E-state index in [1.54, 1.807) is 13.2 Å². The predicted molar refractivity (Wildman–Crippen MR) is 67.2 cm³/mol. The Kier molecular flexibility index (Phi) is 3.38. The third kappa shape index (κ3) is 2.73. The van der Waals surface area contributed by atoms with Crippen molar-refractivity contribution in [2.75, 3.05) is 12.4 Å². The van der Waals surface area contributed by atoms with E-state index in [0.717, 1.165) is 5.69 Å². The number of pyridine rings is 1. The SMILES string of the molecule is COc1cccc(Nc2cc([N+](=O)[O-])ccn2)c1. The van der Waals surface area contributed by atoms with E-state index >= 15 is 0 Å². The molecule has 18 heavy (non-hydrogen) atoms. The molecule has 0 amide bonds. The molecule has 0 aliphatic rings. The average molecular weight is 245 g/mol. The van der Waals surface area contributed by atoms with E-state index in [1.807, 2.05) is 18.2 Å². The Morgan fingerprint density at radius 3 is 2.89 bits per heavy atom. The molecule has 0 fully saturated rings. The summed E-state index contributed by atoms with van der Waals surface area (Å²) in [7, 11) is 1.57. The van der Waals surface area contributed by atoms with Gasteiger partial charge in [0.1, 0.15) is 11.6 Å². The fourth-order valence-corrected chi connectivity index (χ4v) is 1.45. The predicted octanol–water partition coefficient (Wildman–Crippen LogP) is 2.74. The number of hydrogen-bond donors (Lipinski definition) is 1. The number of ether oxygens (including phenoxy) is 1. The van der Waals surface area contributed by atoms with Crippen molar-refractivity contribution in [3.8, 4) is 5.75 Å². The highest BCUT2D eigenvalue weighted by atomic mass is 16.6. The highest BCUT2D eigenvalue weighted by molar-refractivity contribution is 5.59. The van der Waals surface area contributed by atoms with E-state index in [1.165, 1.54) is 18.3 Å². The molecule has 0 bridgehead atoms. The molecule has 92 valence electrons. The summed E-state index contributed by atoms with van der Waals surface area (Å²) in [4.78, 5) is 14.2. The zero-order valence-corrected chi connectivity index (χ0v) is 9.66. The Morgan fingerprint density at radius 2 is 2.17 bits per heavy atom. The van der Waals surface area contributed by atoms with Crippen LogP contribution in [-0.4, -0.2) is 17.0 Å². The van der Waals surface area contributed by atoms with Gasteiger partial charge in [-0.25, -0.2) is 4.98 Å². The Hall–Kier alpha value is -2.63. The quantitative estimate of drug-likeness (QED) is 0.662. The van der Waals surface area contributed by atoms with Gasteiger partial charge in [0, 0.05) is 24.0 Å². The van der Waals surface area contributed by atoms with Crippen molar-refractivity contribution in [2.45, 2.75) is 0 Å². The standard InChI is InChI=1S/C12H11N3O3/c1-18-11-4-2-3-9(7-11)14-12-8-10(15(16)17)5-6-13-12/h2-8H,1H3,(H,13,14). The van der Waals surface area contributed by atoms with Crippen molar-refractivity contribution in [1.82, 2.24) is 4.98 Å². The van der Waals surface area contributed by atoms with Crippen LogP contribution in [0.5, 0.6) is 5.75 Å². The van der Waals surface area contributed by atoms with Crippen molar-refractivity contribution in [3.05, 3.63) is 52.7 Å². The van der Waals surface area contributed by atoms with Crippen LogP contribution in [0.4, 0.5) is 17.2 Å². The molecule has 0 aliphatic heterocycles. The third-order valence-corrected chi connectivity index (χ3v) is 2.30. The lowest BCUT2D eigenvalue weighted by molar-refractivity contribution is -0.384. The van der Waals surface area contributed by atoms with Crippen LogP contribution >= 0.6 is 0 Å². The lowest BCUT2D eigenvalue weighted by Gasteiger charge is -2.06. The monoisotopic (exact) mass is 245 g/mol. The highest BCUT2D eigenvalue weighted by Gasteiger charge is 2.06. The Bertz CT molecular complexity index is 572. The van der Waals surface area contributed by atoms with Gasteiger partial charge in [-0.3, -0.25) is 10.1 Å². The molecule has 0 atom stereocenters. The average Bonchev–Trinajstić information content (AvgIpc) is 2.39.